The summed E-state index contributed by atoms with van der Waals surface area (Å²) in [5.74, 6) is 0.792. The van der Waals surface area contributed by atoms with Gasteiger partial charge in [0.2, 0.25) is 0 Å². The first-order chi connectivity index (χ1) is 13.5. The third-order valence-corrected chi connectivity index (χ3v) is 5.85. The van der Waals surface area contributed by atoms with Gasteiger partial charge in [0.25, 0.3) is 0 Å². The highest BCUT2D eigenvalue weighted by molar-refractivity contribution is 5.84. The summed E-state index contributed by atoms with van der Waals surface area (Å²) in [4.78, 5) is 8.78. The molecule has 0 bridgehead atoms. The fraction of sp³-hybridized carbons (Fsp3) is 0.154. The van der Waals surface area contributed by atoms with Crippen LogP contribution in [0.1, 0.15) is 30.8 Å². The first-order valence-electron chi connectivity index (χ1n) is 9.69. The normalized spacial score (nSPS) is 13.8. The minimum Gasteiger partial charge on any atom is -0.242 e. The van der Waals surface area contributed by atoms with E-state index in [1.54, 1.807) is 0 Å². The van der Waals surface area contributed by atoms with Crippen LogP contribution in [0.25, 0.3) is 33.5 Å². The number of aryl methyl sites for hydroxylation is 1. The van der Waals surface area contributed by atoms with E-state index in [9.17, 15) is 0 Å². The lowest BCUT2D eigenvalue weighted by Crippen LogP contribution is -2.14. The van der Waals surface area contributed by atoms with Gasteiger partial charge >= 0.3 is 0 Å². The number of aromatic nitrogens is 2. The van der Waals surface area contributed by atoms with Crippen LogP contribution in [0.5, 0.6) is 0 Å². The summed E-state index contributed by atoms with van der Waals surface area (Å²) in [6, 6.07) is 26.2. The number of rotatable bonds is 2. The van der Waals surface area contributed by atoms with E-state index in [-0.39, 0.29) is 5.41 Å². The fourth-order valence-corrected chi connectivity index (χ4v) is 4.36. The summed E-state index contributed by atoms with van der Waals surface area (Å²) in [5, 5.41) is 0. The maximum atomic E-state index is 4.58. The predicted octanol–water partition coefficient (Wildman–Crippen LogP) is 6.43. The van der Waals surface area contributed by atoms with E-state index in [0.29, 0.717) is 0 Å². The van der Waals surface area contributed by atoms with Gasteiger partial charge in [0, 0.05) is 17.2 Å². The Bertz CT molecular complexity index is 1200. The summed E-state index contributed by atoms with van der Waals surface area (Å²) in [6.45, 7) is 6.57. The van der Waals surface area contributed by atoms with Crippen LogP contribution < -0.4 is 0 Å². The van der Waals surface area contributed by atoms with Crippen molar-refractivity contribution in [1.82, 2.24) is 9.97 Å². The van der Waals surface area contributed by atoms with Crippen molar-refractivity contribution < 1.29 is 0 Å². The molecule has 0 N–H and O–H groups in total. The predicted molar refractivity (Wildman–Crippen MR) is 115 cm³/mol. The number of hydrogen-bond acceptors (Lipinski definition) is 2. The summed E-state index contributed by atoms with van der Waals surface area (Å²) in [7, 11) is 0. The molecule has 0 fully saturated rings. The van der Waals surface area contributed by atoms with Crippen LogP contribution in [0.3, 0.4) is 0 Å². The highest BCUT2D eigenvalue weighted by Crippen LogP contribution is 2.49. The zero-order valence-electron chi connectivity index (χ0n) is 16.4. The molecule has 0 spiro atoms. The van der Waals surface area contributed by atoms with E-state index < -0.39 is 0 Å². The van der Waals surface area contributed by atoms with Gasteiger partial charge in [-0.3, -0.25) is 0 Å². The van der Waals surface area contributed by atoms with Gasteiger partial charge < -0.3 is 0 Å². The van der Waals surface area contributed by atoms with Gasteiger partial charge in [-0.25, -0.2) is 9.97 Å². The van der Waals surface area contributed by atoms with Gasteiger partial charge in [0.1, 0.15) is 5.82 Å². The van der Waals surface area contributed by atoms with Gasteiger partial charge in [-0.1, -0.05) is 68.4 Å². The third-order valence-electron chi connectivity index (χ3n) is 5.85. The van der Waals surface area contributed by atoms with Crippen LogP contribution in [-0.4, -0.2) is 9.97 Å². The maximum absolute atomic E-state index is 4.58. The zero-order valence-corrected chi connectivity index (χ0v) is 16.4. The Labute approximate surface area is 165 Å². The third kappa shape index (κ3) is 2.56. The van der Waals surface area contributed by atoms with E-state index in [4.69, 9.17) is 0 Å². The molecule has 0 atom stereocenters. The molecule has 0 saturated carbocycles. The second kappa shape index (κ2) is 6.13. The van der Waals surface area contributed by atoms with Crippen molar-refractivity contribution >= 4 is 0 Å². The smallest absolute Gasteiger partial charge is 0.125 e. The molecule has 0 aliphatic heterocycles. The Hall–Kier alpha value is -3.26. The molecular weight excluding hydrogens is 340 g/mol. The molecule has 136 valence electrons. The van der Waals surface area contributed by atoms with Crippen molar-refractivity contribution in [3.63, 3.8) is 0 Å². The second-order valence-corrected chi connectivity index (χ2v) is 8.00. The number of nitrogens with zero attached hydrogens (tertiary/aromatic N) is 2. The van der Waals surface area contributed by atoms with Crippen LogP contribution >= 0.6 is 0 Å². The van der Waals surface area contributed by atoms with Crippen molar-refractivity contribution in [2.45, 2.75) is 26.2 Å². The van der Waals surface area contributed by atoms with Crippen molar-refractivity contribution in [1.29, 1.82) is 0 Å². The second-order valence-electron chi connectivity index (χ2n) is 8.00. The van der Waals surface area contributed by atoms with E-state index in [0.717, 1.165) is 17.1 Å². The highest BCUT2D eigenvalue weighted by atomic mass is 14.9. The largest absolute Gasteiger partial charge is 0.242 e. The van der Waals surface area contributed by atoms with E-state index in [2.05, 4.69) is 90.5 Å². The van der Waals surface area contributed by atoms with Gasteiger partial charge in [0.05, 0.1) is 5.69 Å². The lowest BCUT2D eigenvalue weighted by atomic mass is 9.81. The number of benzene rings is 3. The molecule has 5 rings (SSSR count). The first kappa shape index (κ1) is 16.9. The SMILES string of the molecule is Cc1nccc(-c2cccc(-c3ccc4c(c3)C(C)(C)c3ccccc3-4)c2)n1. The van der Waals surface area contributed by atoms with E-state index in [1.807, 2.05) is 19.2 Å². The molecular formula is C26H22N2. The first-order valence-corrected chi connectivity index (χ1v) is 9.69. The molecule has 2 nitrogen and oxygen atoms in total. The van der Waals surface area contributed by atoms with Gasteiger partial charge in [0.15, 0.2) is 0 Å². The van der Waals surface area contributed by atoms with Crippen LogP contribution in [0, 0.1) is 6.92 Å². The molecule has 1 aliphatic rings. The summed E-state index contributed by atoms with van der Waals surface area (Å²) < 4.78 is 0. The lowest BCUT2D eigenvalue weighted by molar-refractivity contribution is 0.660. The number of fused-ring (bicyclic) bond motifs is 3. The zero-order chi connectivity index (χ0) is 19.3. The average Bonchev–Trinajstić information content (AvgIpc) is 2.95. The quantitative estimate of drug-likeness (QED) is 0.411. The molecule has 28 heavy (non-hydrogen) atoms. The molecule has 0 saturated heterocycles. The Morgan fingerprint density at radius 3 is 2.29 bits per heavy atom. The summed E-state index contributed by atoms with van der Waals surface area (Å²) in [5.41, 5.74) is 10.1. The minimum absolute atomic E-state index is 0.0172. The van der Waals surface area contributed by atoms with Crippen LogP contribution in [0.2, 0.25) is 0 Å². The Kier molecular flexibility index (Phi) is 3.70. The van der Waals surface area contributed by atoms with Crippen LogP contribution in [-0.2, 0) is 5.41 Å². The molecule has 4 aromatic rings. The fourth-order valence-electron chi connectivity index (χ4n) is 4.36. The average molecular weight is 362 g/mol. The van der Waals surface area contributed by atoms with Crippen molar-refractivity contribution in [2.24, 2.45) is 0 Å². The molecule has 0 unspecified atom stereocenters. The molecule has 3 aromatic carbocycles. The van der Waals surface area contributed by atoms with Crippen molar-refractivity contribution in [3.05, 3.63) is 95.9 Å². The Balaban J connectivity index is 1.62. The van der Waals surface area contributed by atoms with Crippen molar-refractivity contribution in [2.75, 3.05) is 0 Å². The van der Waals surface area contributed by atoms with Crippen molar-refractivity contribution in [3.8, 4) is 33.5 Å². The topological polar surface area (TPSA) is 25.8 Å². The van der Waals surface area contributed by atoms with Crippen LogP contribution in [0.15, 0.2) is 79.0 Å². The molecule has 0 amide bonds. The molecule has 1 heterocycles. The standard InChI is InChI=1S/C26H22N2/c1-17-27-14-13-25(28-17)20-8-6-7-18(15-20)19-11-12-22-21-9-4-5-10-23(21)26(2,3)24(22)16-19/h4-16H,1-3H3. The maximum Gasteiger partial charge on any atom is 0.125 e. The molecule has 0 radical (unpaired) electrons. The lowest BCUT2D eigenvalue weighted by Gasteiger charge is -2.22. The number of hydrogen-bond donors (Lipinski definition) is 0. The highest BCUT2D eigenvalue weighted by Gasteiger charge is 2.35. The molecule has 2 heteroatoms. The van der Waals surface area contributed by atoms with Crippen LogP contribution in [0.4, 0.5) is 0 Å². The molecule has 1 aliphatic carbocycles. The van der Waals surface area contributed by atoms with E-state index in [1.165, 1.54) is 33.4 Å². The molecule has 1 aromatic heterocycles. The summed E-state index contributed by atoms with van der Waals surface area (Å²) in [6.07, 6.45) is 1.82. The van der Waals surface area contributed by atoms with Gasteiger partial charge in [-0.15, -0.1) is 0 Å². The Morgan fingerprint density at radius 1 is 0.679 bits per heavy atom. The Morgan fingerprint density at radius 2 is 1.43 bits per heavy atom. The summed E-state index contributed by atoms with van der Waals surface area (Å²) >= 11 is 0. The monoisotopic (exact) mass is 362 g/mol. The minimum atomic E-state index is 0.0172. The van der Waals surface area contributed by atoms with E-state index >= 15 is 0 Å². The van der Waals surface area contributed by atoms with Gasteiger partial charge in [-0.05, 0) is 58.5 Å². The van der Waals surface area contributed by atoms with Gasteiger partial charge in [-0.2, -0.15) is 0 Å².